The molecule has 0 amide bonds. The second-order valence-corrected chi connectivity index (χ2v) is 7.06. The number of rotatable bonds is 5. The van der Waals surface area contributed by atoms with Crippen molar-refractivity contribution in [3.05, 3.63) is 34.1 Å². The molecule has 0 spiro atoms. The third-order valence-corrected chi connectivity index (χ3v) is 5.37. The molecule has 1 aliphatic rings. The van der Waals surface area contributed by atoms with Gasteiger partial charge in [0.05, 0.1) is 16.9 Å². The molecule has 126 valence electrons. The van der Waals surface area contributed by atoms with Crippen LogP contribution < -0.4 is 4.72 Å². The minimum Gasteiger partial charge on any atom is -0.481 e. The Labute approximate surface area is 131 Å². The average molecular weight is 346 g/mol. The number of hydrogen-bond acceptors (Lipinski definition) is 5. The molecule has 2 rings (SSSR count). The predicted molar refractivity (Wildman–Crippen MR) is 76.8 cm³/mol. The fraction of sp³-hybridized carbons (Fsp3) is 0.462. The fourth-order valence-corrected chi connectivity index (χ4v) is 3.93. The van der Waals surface area contributed by atoms with Crippen molar-refractivity contribution in [3.63, 3.8) is 0 Å². The van der Waals surface area contributed by atoms with Crippen LogP contribution in [0.3, 0.4) is 0 Å². The highest BCUT2D eigenvalue weighted by atomic mass is 32.2. The topological polar surface area (TPSA) is 127 Å². The number of aliphatic carboxylic acids is 1. The van der Waals surface area contributed by atoms with Crippen molar-refractivity contribution >= 4 is 21.7 Å². The standard InChI is InChI=1S/C13H15FN2O6S/c14-11-7-10(16(19)20)5-6-12(11)23(21,22)15-9-3-1-8(2-4-9)13(17)18/h5-9,15H,1-4H2,(H,17,18). The third kappa shape index (κ3) is 4.02. The first-order chi connectivity index (χ1) is 10.7. The smallest absolute Gasteiger partial charge is 0.306 e. The van der Waals surface area contributed by atoms with Gasteiger partial charge in [-0.1, -0.05) is 0 Å². The molecule has 1 aromatic rings. The first-order valence-electron chi connectivity index (χ1n) is 6.90. The summed E-state index contributed by atoms with van der Waals surface area (Å²) in [7, 11) is -4.17. The lowest BCUT2D eigenvalue weighted by Crippen LogP contribution is -2.39. The summed E-state index contributed by atoms with van der Waals surface area (Å²) in [5.74, 6) is -2.61. The minimum absolute atomic E-state index is 0.338. The summed E-state index contributed by atoms with van der Waals surface area (Å²) in [6.07, 6.45) is 1.35. The molecule has 0 saturated heterocycles. The van der Waals surface area contributed by atoms with E-state index in [1.807, 2.05) is 0 Å². The highest BCUT2D eigenvalue weighted by molar-refractivity contribution is 7.89. The van der Waals surface area contributed by atoms with E-state index in [2.05, 4.69) is 4.72 Å². The van der Waals surface area contributed by atoms with E-state index in [9.17, 15) is 27.7 Å². The molecule has 1 aromatic carbocycles. The van der Waals surface area contributed by atoms with E-state index < -0.39 is 49.3 Å². The summed E-state index contributed by atoms with van der Waals surface area (Å²) < 4.78 is 40.5. The van der Waals surface area contributed by atoms with Crippen LogP contribution >= 0.6 is 0 Å². The van der Waals surface area contributed by atoms with E-state index in [1.165, 1.54) is 0 Å². The SMILES string of the molecule is O=C(O)C1CCC(NS(=O)(=O)c2ccc([N+](=O)[O-])cc2F)CC1. The monoisotopic (exact) mass is 346 g/mol. The van der Waals surface area contributed by atoms with Crippen LogP contribution in [0, 0.1) is 21.8 Å². The van der Waals surface area contributed by atoms with E-state index >= 15 is 0 Å². The molecule has 0 unspecified atom stereocenters. The molecule has 0 atom stereocenters. The summed E-state index contributed by atoms with van der Waals surface area (Å²) in [5, 5.41) is 19.4. The molecule has 0 aliphatic heterocycles. The number of benzene rings is 1. The predicted octanol–water partition coefficient (Wildman–Crippen LogP) is 1.66. The van der Waals surface area contributed by atoms with E-state index in [1.54, 1.807) is 0 Å². The molecule has 0 aromatic heterocycles. The number of carboxylic acid groups (broad SMARTS) is 1. The number of halogens is 1. The van der Waals surface area contributed by atoms with Gasteiger partial charge in [0.25, 0.3) is 5.69 Å². The zero-order chi connectivity index (χ0) is 17.2. The molecule has 0 heterocycles. The van der Waals surface area contributed by atoms with Gasteiger partial charge in [-0.15, -0.1) is 0 Å². The van der Waals surface area contributed by atoms with Crippen molar-refractivity contribution in [1.82, 2.24) is 4.72 Å². The zero-order valence-electron chi connectivity index (χ0n) is 11.9. The van der Waals surface area contributed by atoms with Gasteiger partial charge in [-0.3, -0.25) is 14.9 Å². The van der Waals surface area contributed by atoms with Gasteiger partial charge in [-0.25, -0.2) is 17.5 Å². The average Bonchev–Trinajstić information content (AvgIpc) is 2.46. The minimum atomic E-state index is -4.17. The summed E-state index contributed by atoms with van der Waals surface area (Å²) in [4.78, 5) is 19.9. The second kappa shape index (κ2) is 6.59. The Morgan fingerprint density at radius 1 is 1.30 bits per heavy atom. The van der Waals surface area contributed by atoms with Crippen molar-refractivity contribution in [2.75, 3.05) is 0 Å². The number of carboxylic acids is 1. The van der Waals surface area contributed by atoms with E-state index in [4.69, 9.17) is 5.11 Å². The normalized spacial score (nSPS) is 21.8. The van der Waals surface area contributed by atoms with Gasteiger partial charge in [-0.05, 0) is 31.7 Å². The Morgan fingerprint density at radius 3 is 2.39 bits per heavy atom. The van der Waals surface area contributed by atoms with Crippen LogP contribution in [-0.4, -0.2) is 30.5 Å². The number of nitro groups is 1. The number of hydrogen-bond donors (Lipinski definition) is 2. The van der Waals surface area contributed by atoms with E-state index in [-0.39, 0.29) is 0 Å². The Kier molecular flexibility index (Phi) is 4.95. The van der Waals surface area contributed by atoms with Gasteiger partial charge in [0.1, 0.15) is 10.7 Å². The van der Waals surface area contributed by atoms with Gasteiger partial charge in [0.2, 0.25) is 10.0 Å². The molecule has 0 radical (unpaired) electrons. The van der Waals surface area contributed by atoms with Crippen molar-refractivity contribution in [3.8, 4) is 0 Å². The number of nitrogens with zero attached hydrogens (tertiary/aromatic N) is 1. The molecule has 10 heteroatoms. The van der Waals surface area contributed by atoms with Crippen LogP contribution in [0.25, 0.3) is 0 Å². The first kappa shape index (κ1) is 17.3. The molecule has 1 fully saturated rings. The van der Waals surface area contributed by atoms with Gasteiger partial charge in [0, 0.05) is 12.1 Å². The first-order valence-corrected chi connectivity index (χ1v) is 8.38. The largest absolute Gasteiger partial charge is 0.481 e. The van der Waals surface area contributed by atoms with Gasteiger partial charge in [-0.2, -0.15) is 0 Å². The number of carbonyl (C=O) groups is 1. The molecular formula is C13H15FN2O6S. The molecule has 2 N–H and O–H groups in total. The third-order valence-electron chi connectivity index (χ3n) is 3.81. The Bertz CT molecular complexity index is 728. The van der Waals surface area contributed by atoms with Crippen LogP contribution in [0.1, 0.15) is 25.7 Å². The fourth-order valence-electron chi connectivity index (χ4n) is 2.56. The summed E-state index contributed by atoms with van der Waals surface area (Å²) in [6.45, 7) is 0. The lowest BCUT2D eigenvalue weighted by Gasteiger charge is -2.26. The molecule has 8 nitrogen and oxygen atoms in total. The summed E-state index contributed by atoms with van der Waals surface area (Å²) in [5.41, 5.74) is -0.539. The maximum Gasteiger partial charge on any atom is 0.306 e. The molecule has 0 bridgehead atoms. The summed E-state index contributed by atoms with van der Waals surface area (Å²) >= 11 is 0. The van der Waals surface area contributed by atoms with Crippen molar-refractivity contribution in [2.45, 2.75) is 36.6 Å². The van der Waals surface area contributed by atoms with E-state index in [0.717, 1.165) is 12.1 Å². The lowest BCUT2D eigenvalue weighted by atomic mass is 9.87. The van der Waals surface area contributed by atoms with Crippen molar-refractivity contribution in [1.29, 1.82) is 0 Å². The summed E-state index contributed by atoms with van der Waals surface area (Å²) in [6, 6.07) is 1.83. The van der Waals surface area contributed by atoms with Crippen molar-refractivity contribution < 1.29 is 27.6 Å². The number of non-ortho nitro benzene ring substituents is 1. The zero-order valence-corrected chi connectivity index (χ0v) is 12.8. The van der Waals surface area contributed by atoms with Gasteiger partial charge >= 0.3 is 5.97 Å². The second-order valence-electron chi connectivity index (χ2n) is 5.38. The van der Waals surface area contributed by atoms with Crippen LogP contribution in [-0.2, 0) is 14.8 Å². The lowest BCUT2D eigenvalue weighted by molar-refractivity contribution is -0.385. The Balaban J connectivity index is 2.11. The molecule has 1 aliphatic carbocycles. The highest BCUT2D eigenvalue weighted by Gasteiger charge is 2.30. The number of sulfonamides is 1. The van der Waals surface area contributed by atoms with Crippen LogP contribution in [0.4, 0.5) is 10.1 Å². The number of nitro benzene ring substituents is 1. The van der Waals surface area contributed by atoms with Gasteiger partial charge in [0.15, 0.2) is 0 Å². The molecular weight excluding hydrogens is 331 g/mol. The van der Waals surface area contributed by atoms with Gasteiger partial charge < -0.3 is 5.11 Å². The van der Waals surface area contributed by atoms with E-state index in [0.29, 0.717) is 31.7 Å². The maximum atomic E-state index is 13.8. The Hall–Kier alpha value is -2.07. The molecule has 23 heavy (non-hydrogen) atoms. The Morgan fingerprint density at radius 2 is 1.91 bits per heavy atom. The highest BCUT2D eigenvalue weighted by Crippen LogP contribution is 2.26. The van der Waals surface area contributed by atoms with Crippen LogP contribution in [0.5, 0.6) is 0 Å². The van der Waals surface area contributed by atoms with Crippen LogP contribution in [0.15, 0.2) is 23.1 Å². The molecule has 1 saturated carbocycles. The van der Waals surface area contributed by atoms with Crippen molar-refractivity contribution in [2.24, 2.45) is 5.92 Å². The quantitative estimate of drug-likeness (QED) is 0.616. The number of nitrogens with one attached hydrogen (secondary N) is 1. The van der Waals surface area contributed by atoms with Crippen LogP contribution in [0.2, 0.25) is 0 Å². The maximum absolute atomic E-state index is 13.8.